The maximum atomic E-state index is 13.4. The third kappa shape index (κ3) is 4.64. The minimum absolute atomic E-state index is 0.130. The van der Waals surface area contributed by atoms with Crippen molar-refractivity contribution in [3.63, 3.8) is 0 Å². The van der Waals surface area contributed by atoms with E-state index < -0.39 is 0 Å². The second-order valence-electron chi connectivity index (χ2n) is 8.80. The van der Waals surface area contributed by atoms with E-state index in [1.807, 2.05) is 28.8 Å². The largest absolute Gasteiger partial charge is 0.351 e. The summed E-state index contributed by atoms with van der Waals surface area (Å²) in [5.41, 5.74) is 2.63. The second-order valence-corrected chi connectivity index (χ2v) is 9.21. The number of hydrogen-bond acceptors (Lipinski definition) is 3. The van der Waals surface area contributed by atoms with Crippen molar-refractivity contribution in [1.29, 1.82) is 0 Å². The molecule has 5 nitrogen and oxygen atoms in total. The number of nitrogens with one attached hydrogen (secondary N) is 1. The quantitative estimate of drug-likeness (QED) is 0.360. The van der Waals surface area contributed by atoms with Crippen LogP contribution in [-0.4, -0.2) is 27.0 Å². The zero-order valence-electron chi connectivity index (χ0n) is 18.5. The Hall–Kier alpha value is -3.18. The highest BCUT2D eigenvalue weighted by molar-refractivity contribution is 6.37. The highest BCUT2D eigenvalue weighted by atomic mass is 35.5. The first-order valence-electron chi connectivity index (χ1n) is 11.6. The first-order chi connectivity index (χ1) is 16.2. The molecule has 0 spiro atoms. The molecule has 1 saturated carbocycles. The average molecular weight is 459 g/mol. The molecule has 1 fully saturated rings. The van der Waals surface area contributed by atoms with Crippen LogP contribution in [0, 0.1) is 5.92 Å². The summed E-state index contributed by atoms with van der Waals surface area (Å²) in [6, 6.07) is 17.9. The molecule has 0 aliphatic heterocycles. The van der Waals surface area contributed by atoms with Crippen LogP contribution in [0.3, 0.4) is 0 Å². The van der Waals surface area contributed by atoms with Crippen molar-refractivity contribution in [3.8, 4) is 5.95 Å². The SMILES string of the molecule is O=C(NCC(CC1CCCC1)c1ccccc1)c1cn(-c2ncccn2)c2cccc(Cl)c12. The number of rotatable bonds is 7. The van der Waals surface area contributed by atoms with E-state index in [4.69, 9.17) is 11.6 Å². The van der Waals surface area contributed by atoms with Crippen molar-refractivity contribution in [1.82, 2.24) is 19.9 Å². The van der Waals surface area contributed by atoms with Gasteiger partial charge < -0.3 is 5.32 Å². The fraction of sp³-hybridized carbons (Fsp3) is 0.296. The maximum absolute atomic E-state index is 13.4. The van der Waals surface area contributed by atoms with E-state index in [-0.39, 0.29) is 5.91 Å². The number of benzene rings is 2. The highest BCUT2D eigenvalue weighted by Crippen LogP contribution is 2.34. The minimum atomic E-state index is -0.130. The molecule has 5 rings (SSSR count). The Morgan fingerprint density at radius 3 is 2.55 bits per heavy atom. The Bertz CT molecular complexity index is 1230. The molecule has 2 aromatic heterocycles. The number of halogens is 1. The van der Waals surface area contributed by atoms with Gasteiger partial charge in [-0.2, -0.15) is 0 Å². The lowest BCUT2D eigenvalue weighted by atomic mass is 9.88. The fourth-order valence-electron chi connectivity index (χ4n) is 5.02. The predicted molar refractivity (Wildman–Crippen MR) is 132 cm³/mol. The molecule has 1 aliphatic carbocycles. The maximum Gasteiger partial charge on any atom is 0.253 e. The summed E-state index contributed by atoms with van der Waals surface area (Å²) < 4.78 is 1.82. The summed E-state index contributed by atoms with van der Waals surface area (Å²) >= 11 is 6.54. The van der Waals surface area contributed by atoms with E-state index >= 15 is 0 Å². The van der Waals surface area contributed by atoms with Crippen LogP contribution < -0.4 is 5.32 Å². The van der Waals surface area contributed by atoms with Crippen LogP contribution in [0.2, 0.25) is 5.02 Å². The van der Waals surface area contributed by atoms with E-state index in [0.29, 0.717) is 29.0 Å². The molecule has 168 valence electrons. The van der Waals surface area contributed by atoms with Gasteiger partial charge in [0.1, 0.15) is 0 Å². The molecule has 6 heteroatoms. The fourth-order valence-corrected chi connectivity index (χ4v) is 5.29. The van der Waals surface area contributed by atoms with Gasteiger partial charge >= 0.3 is 0 Å². The summed E-state index contributed by atoms with van der Waals surface area (Å²) in [4.78, 5) is 22.1. The van der Waals surface area contributed by atoms with Crippen LogP contribution in [0.4, 0.5) is 0 Å². The van der Waals surface area contributed by atoms with E-state index in [2.05, 4.69) is 39.6 Å². The molecule has 4 aromatic rings. The molecule has 33 heavy (non-hydrogen) atoms. The Balaban J connectivity index is 1.42. The third-order valence-corrected chi connectivity index (χ3v) is 6.98. The number of amides is 1. The number of carbonyl (C=O) groups excluding carboxylic acids is 1. The van der Waals surface area contributed by atoms with Crippen molar-refractivity contribution in [3.05, 3.63) is 89.3 Å². The summed E-state index contributed by atoms with van der Waals surface area (Å²) in [7, 11) is 0. The summed E-state index contributed by atoms with van der Waals surface area (Å²) in [5.74, 6) is 1.40. The zero-order valence-corrected chi connectivity index (χ0v) is 19.2. The molecule has 2 heterocycles. The van der Waals surface area contributed by atoms with Crippen molar-refractivity contribution < 1.29 is 4.79 Å². The standard InChI is InChI=1S/C27H27ClN4O/c28-23-12-6-13-24-25(23)22(18-32(24)27-29-14-7-15-30-27)26(33)31-17-21(16-19-8-4-5-9-19)20-10-2-1-3-11-20/h1-3,6-7,10-15,18-19,21H,4-5,8-9,16-17H2,(H,31,33). The van der Waals surface area contributed by atoms with Gasteiger partial charge in [-0.1, -0.05) is 73.7 Å². The van der Waals surface area contributed by atoms with Gasteiger partial charge in [0.15, 0.2) is 0 Å². The normalized spacial score (nSPS) is 15.1. The van der Waals surface area contributed by atoms with Gasteiger partial charge in [-0.3, -0.25) is 9.36 Å². The van der Waals surface area contributed by atoms with Crippen molar-refractivity contribution in [2.24, 2.45) is 5.92 Å². The highest BCUT2D eigenvalue weighted by Gasteiger charge is 2.24. The predicted octanol–water partition coefficient (Wildman–Crippen LogP) is 6.17. The Labute approximate surface area is 198 Å². The van der Waals surface area contributed by atoms with Crippen LogP contribution in [0.5, 0.6) is 0 Å². The lowest BCUT2D eigenvalue weighted by Gasteiger charge is -2.21. The molecule has 1 amide bonds. The van der Waals surface area contributed by atoms with Gasteiger partial charge in [0.05, 0.1) is 16.1 Å². The molecule has 2 aromatic carbocycles. The second kappa shape index (κ2) is 9.75. The smallest absolute Gasteiger partial charge is 0.253 e. The van der Waals surface area contributed by atoms with Gasteiger partial charge in [-0.25, -0.2) is 9.97 Å². The molecule has 1 atom stereocenters. The third-order valence-electron chi connectivity index (χ3n) is 6.66. The van der Waals surface area contributed by atoms with Crippen molar-refractivity contribution >= 4 is 28.4 Å². The van der Waals surface area contributed by atoms with Crippen molar-refractivity contribution in [2.45, 2.75) is 38.0 Å². The van der Waals surface area contributed by atoms with E-state index in [9.17, 15) is 4.79 Å². The summed E-state index contributed by atoms with van der Waals surface area (Å²) in [6.07, 6.45) is 11.5. The number of aromatic nitrogens is 3. The first-order valence-corrected chi connectivity index (χ1v) is 12.0. The number of carbonyl (C=O) groups is 1. The van der Waals surface area contributed by atoms with Gasteiger partial charge in [0.25, 0.3) is 5.91 Å². The van der Waals surface area contributed by atoms with Crippen LogP contribution in [-0.2, 0) is 0 Å². The monoisotopic (exact) mass is 458 g/mol. The van der Waals surface area contributed by atoms with E-state index in [0.717, 1.165) is 23.2 Å². The zero-order chi connectivity index (χ0) is 22.6. The molecule has 1 aliphatic rings. The van der Waals surface area contributed by atoms with Gasteiger partial charge in [0.2, 0.25) is 5.95 Å². The molecule has 1 N–H and O–H groups in total. The minimum Gasteiger partial charge on any atom is -0.351 e. The Kier molecular flexibility index (Phi) is 6.40. The summed E-state index contributed by atoms with van der Waals surface area (Å²) in [6.45, 7) is 0.596. The van der Waals surface area contributed by atoms with E-state index in [1.165, 1.54) is 31.2 Å². The number of hydrogen-bond donors (Lipinski definition) is 1. The van der Waals surface area contributed by atoms with Crippen molar-refractivity contribution in [2.75, 3.05) is 6.54 Å². The van der Waals surface area contributed by atoms with Gasteiger partial charge in [0, 0.05) is 36.4 Å². The van der Waals surface area contributed by atoms with Crippen LogP contribution in [0.15, 0.2) is 73.2 Å². The molecule has 0 radical (unpaired) electrons. The number of fused-ring (bicyclic) bond motifs is 1. The molecular formula is C27H27ClN4O. The van der Waals surface area contributed by atoms with E-state index in [1.54, 1.807) is 24.7 Å². The number of nitrogens with zero attached hydrogens (tertiary/aromatic N) is 3. The van der Waals surface area contributed by atoms with Crippen LogP contribution >= 0.6 is 11.6 Å². The molecule has 0 bridgehead atoms. The Morgan fingerprint density at radius 1 is 1.03 bits per heavy atom. The van der Waals surface area contributed by atoms with Gasteiger partial charge in [-0.15, -0.1) is 0 Å². The Morgan fingerprint density at radius 2 is 1.79 bits per heavy atom. The van der Waals surface area contributed by atoms with Gasteiger partial charge in [-0.05, 0) is 36.1 Å². The molecule has 1 unspecified atom stereocenters. The lowest BCUT2D eigenvalue weighted by Crippen LogP contribution is -2.29. The lowest BCUT2D eigenvalue weighted by molar-refractivity contribution is 0.0951. The molecule has 0 saturated heterocycles. The molecular weight excluding hydrogens is 432 g/mol. The first kappa shape index (κ1) is 21.7. The van der Waals surface area contributed by atoms with Crippen LogP contribution in [0.25, 0.3) is 16.9 Å². The summed E-state index contributed by atoms with van der Waals surface area (Å²) in [5, 5.41) is 4.46. The average Bonchev–Trinajstić information content (AvgIpc) is 3.51. The topological polar surface area (TPSA) is 59.8 Å². The van der Waals surface area contributed by atoms with Crippen LogP contribution in [0.1, 0.15) is 53.9 Å².